The van der Waals surface area contributed by atoms with Gasteiger partial charge in [-0.1, -0.05) is 36.4 Å². The lowest BCUT2D eigenvalue weighted by Crippen LogP contribution is -2.58. The molecule has 1 amide bonds. The van der Waals surface area contributed by atoms with Crippen LogP contribution >= 0.6 is 0 Å². The smallest absolute Gasteiger partial charge is 0.451 e. The van der Waals surface area contributed by atoms with Gasteiger partial charge in [-0.15, -0.1) is 0 Å². The Labute approximate surface area is 173 Å². The van der Waals surface area contributed by atoms with Crippen molar-refractivity contribution in [2.45, 2.75) is 24.9 Å². The first-order chi connectivity index (χ1) is 14.3. The number of aromatic carboxylic acids is 1. The molecular formula is C20H23BN2O7. The Balaban J connectivity index is 1.64. The minimum Gasteiger partial charge on any atom is -0.507 e. The van der Waals surface area contributed by atoms with E-state index in [0.717, 1.165) is 0 Å². The van der Waals surface area contributed by atoms with Crippen molar-refractivity contribution in [1.82, 2.24) is 4.90 Å². The Kier molecular flexibility index (Phi) is 6.61. The standard InChI is InChI=1S/C20H23BN2O7/c22-17(12-4-2-1-3-5-12)19(25)23-10-14(11-23)30-15-7-6-13(8-9-21(28)29)18(24)16(15)20(26)27/h1-7,14,17,24,28-29H,8-11,22H2,(H,26,27)/t17-/m1/s1. The summed E-state index contributed by atoms with van der Waals surface area (Å²) in [5.74, 6) is -2.11. The van der Waals surface area contributed by atoms with E-state index in [9.17, 15) is 19.8 Å². The van der Waals surface area contributed by atoms with Crippen LogP contribution in [0.5, 0.6) is 11.5 Å². The number of amides is 1. The predicted octanol–water partition coefficient (Wildman–Crippen LogP) is 0.395. The van der Waals surface area contributed by atoms with Gasteiger partial charge in [-0.25, -0.2) is 4.79 Å². The Morgan fingerprint density at radius 3 is 2.43 bits per heavy atom. The van der Waals surface area contributed by atoms with Crippen LogP contribution in [0.4, 0.5) is 0 Å². The quantitative estimate of drug-likeness (QED) is 0.389. The fourth-order valence-electron chi connectivity index (χ4n) is 3.28. The number of rotatable bonds is 8. The van der Waals surface area contributed by atoms with E-state index < -0.39 is 36.5 Å². The summed E-state index contributed by atoms with van der Waals surface area (Å²) in [4.78, 5) is 25.6. The van der Waals surface area contributed by atoms with E-state index in [0.29, 0.717) is 5.56 Å². The van der Waals surface area contributed by atoms with Gasteiger partial charge in [0.1, 0.15) is 29.2 Å². The fraction of sp³-hybridized carbons (Fsp3) is 0.300. The van der Waals surface area contributed by atoms with Gasteiger partial charge in [0.2, 0.25) is 5.91 Å². The molecule has 1 aliphatic heterocycles. The number of carbonyl (C=O) groups excluding carboxylic acids is 1. The van der Waals surface area contributed by atoms with Gasteiger partial charge in [0.25, 0.3) is 0 Å². The van der Waals surface area contributed by atoms with Crippen LogP contribution in [0, 0.1) is 0 Å². The van der Waals surface area contributed by atoms with Crippen molar-refractivity contribution in [2.75, 3.05) is 13.1 Å². The zero-order chi connectivity index (χ0) is 21.8. The number of carbonyl (C=O) groups is 2. The molecule has 1 heterocycles. The molecule has 6 N–H and O–H groups in total. The molecule has 0 aliphatic carbocycles. The van der Waals surface area contributed by atoms with Crippen molar-refractivity contribution in [2.24, 2.45) is 5.73 Å². The number of nitrogens with zero attached hydrogens (tertiary/aromatic N) is 1. The van der Waals surface area contributed by atoms with E-state index in [4.69, 9.17) is 20.5 Å². The molecule has 0 bridgehead atoms. The SMILES string of the molecule is N[C@@H](C(=O)N1CC(Oc2ccc(CCB(O)O)c(O)c2C(=O)O)C1)c1ccccc1. The third-order valence-electron chi connectivity index (χ3n) is 4.99. The van der Waals surface area contributed by atoms with Gasteiger partial charge < -0.3 is 35.6 Å². The molecule has 158 valence electrons. The second-order valence-electron chi connectivity index (χ2n) is 7.14. The second-order valence-corrected chi connectivity index (χ2v) is 7.14. The van der Waals surface area contributed by atoms with E-state index in [1.807, 2.05) is 6.07 Å². The van der Waals surface area contributed by atoms with Crippen molar-refractivity contribution >= 4 is 19.0 Å². The largest absolute Gasteiger partial charge is 0.507 e. The second kappa shape index (κ2) is 9.16. The van der Waals surface area contributed by atoms with Crippen molar-refractivity contribution in [3.05, 3.63) is 59.2 Å². The van der Waals surface area contributed by atoms with Gasteiger partial charge in [-0.3, -0.25) is 4.79 Å². The predicted molar refractivity (Wildman–Crippen MR) is 108 cm³/mol. The maximum absolute atomic E-state index is 12.5. The van der Waals surface area contributed by atoms with Gasteiger partial charge in [0.05, 0.1) is 13.1 Å². The number of ether oxygens (including phenoxy) is 1. The number of hydrogen-bond acceptors (Lipinski definition) is 7. The summed E-state index contributed by atoms with van der Waals surface area (Å²) in [5.41, 5.74) is 6.59. The Morgan fingerprint density at radius 1 is 1.17 bits per heavy atom. The third kappa shape index (κ3) is 4.73. The number of phenols is 1. The highest BCUT2D eigenvalue weighted by atomic mass is 16.5. The van der Waals surface area contributed by atoms with Crippen LogP contribution in [0.1, 0.15) is 27.5 Å². The minimum absolute atomic E-state index is 0.0160. The summed E-state index contributed by atoms with van der Waals surface area (Å²) < 4.78 is 5.70. The molecule has 1 atom stereocenters. The molecule has 0 aromatic heterocycles. The van der Waals surface area contributed by atoms with Crippen LogP contribution < -0.4 is 10.5 Å². The molecule has 0 saturated carbocycles. The van der Waals surface area contributed by atoms with Gasteiger partial charge >= 0.3 is 13.1 Å². The van der Waals surface area contributed by atoms with E-state index in [2.05, 4.69) is 0 Å². The first kappa shape index (κ1) is 21.6. The Morgan fingerprint density at radius 2 is 1.83 bits per heavy atom. The zero-order valence-corrected chi connectivity index (χ0v) is 16.1. The molecule has 2 aromatic rings. The van der Waals surface area contributed by atoms with Crippen LogP contribution in [0.25, 0.3) is 0 Å². The number of benzene rings is 2. The normalized spacial score (nSPS) is 14.7. The van der Waals surface area contributed by atoms with Gasteiger partial charge in [0, 0.05) is 0 Å². The summed E-state index contributed by atoms with van der Waals surface area (Å²) in [6.07, 6.45) is -0.388. The minimum atomic E-state index is -1.56. The number of aromatic hydroxyl groups is 1. The highest BCUT2D eigenvalue weighted by molar-refractivity contribution is 6.41. The third-order valence-corrected chi connectivity index (χ3v) is 4.99. The Hall–Kier alpha value is -3.08. The molecule has 0 radical (unpaired) electrons. The lowest BCUT2D eigenvalue weighted by molar-refractivity contribution is -0.141. The summed E-state index contributed by atoms with van der Waals surface area (Å²) >= 11 is 0. The number of nitrogens with two attached hydrogens (primary N) is 1. The van der Waals surface area contributed by atoms with Crippen LogP contribution in [0.2, 0.25) is 6.32 Å². The number of hydrogen-bond donors (Lipinski definition) is 5. The summed E-state index contributed by atoms with van der Waals surface area (Å²) in [7, 11) is -1.56. The molecular weight excluding hydrogens is 391 g/mol. The fourth-order valence-corrected chi connectivity index (χ4v) is 3.28. The van der Waals surface area contributed by atoms with E-state index in [1.54, 1.807) is 24.3 Å². The lowest BCUT2D eigenvalue weighted by atomic mass is 9.82. The van der Waals surface area contributed by atoms with Crippen LogP contribution in [0.3, 0.4) is 0 Å². The molecule has 1 aliphatic rings. The molecule has 0 unspecified atom stereocenters. The van der Waals surface area contributed by atoms with Crippen LogP contribution in [-0.4, -0.2) is 63.3 Å². The molecule has 10 heteroatoms. The number of carboxylic acids is 1. The summed E-state index contributed by atoms with van der Waals surface area (Å²) in [5, 5.41) is 37.7. The maximum atomic E-state index is 12.5. The lowest BCUT2D eigenvalue weighted by Gasteiger charge is -2.40. The average Bonchev–Trinajstić information content (AvgIpc) is 2.68. The maximum Gasteiger partial charge on any atom is 0.451 e. The average molecular weight is 414 g/mol. The topological polar surface area (TPSA) is 154 Å². The van der Waals surface area contributed by atoms with Crippen molar-refractivity contribution in [3.8, 4) is 11.5 Å². The highest BCUT2D eigenvalue weighted by Crippen LogP contribution is 2.34. The molecule has 9 nitrogen and oxygen atoms in total. The number of carboxylic acid groups (broad SMARTS) is 1. The van der Waals surface area contributed by atoms with Crippen molar-refractivity contribution in [3.63, 3.8) is 0 Å². The highest BCUT2D eigenvalue weighted by Gasteiger charge is 2.36. The van der Waals surface area contributed by atoms with Crippen molar-refractivity contribution in [1.29, 1.82) is 0 Å². The monoisotopic (exact) mass is 414 g/mol. The number of likely N-dealkylation sites (tertiary alicyclic amines) is 1. The zero-order valence-electron chi connectivity index (χ0n) is 16.1. The van der Waals surface area contributed by atoms with Gasteiger partial charge in [0.15, 0.2) is 0 Å². The molecule has 2 aromatic carbocycles. The van der Waals surface area contributed by atoms with Gasteiger partial charge in [-0.05, 0) is 29.9 Å². The molecule has 30 heavy (non-hydrogen) atoms. The van der Waals surface area contributed by atoms with Crippen molar-refractivity contribution < 1.29 is 34.6 Å². The van der Waals surface area contributed by atoms with Crippen LogP contribution in [0.15, 0.2) is 42.5 Å². The van der Waals surface area contributed by atoms with E-state index >= 15 is 0 Å². The molecule has 3 rings (SSSR count). The molecule has 1 saturated heterocycles. The summed E-state index contributed by atoms with van der Waals surface area (Å²) in [6, 6.07) is 11.1. The first-order valence-electron chi connectivity index (χ1n) is 9.48. The number of aryl methyl sites for hydroxylation is 1. The van der Waals surface area contributed by atoms with E-state index in [-0.39, 0.29) is 43.1 Å². The van der Waals surface area contributed by atoms with E-state index in [1.165, 1.54) is 17.0 Å². The van der Waals surface area contributed by atoms with Crippen LogP contribution in [-0.2, 0) is 11.2 Å². The molecule has 1 fully saturated rings. The summed E-state index contributed by atoms with van der Waals surface area (Å²) in [6.45, 7) is 0.495. The first-order valence-corrected chi connectivity index (χ1v) is 9.48. The van der Waals surface area contributed by atoms with Gasteiger partial charge in [-0.2, -0.15) is 0 Å². The Bertz CT molecular complexity index is 917. The molecule has 0 spiro atoms.